The van der Waals surface area contributed by atoms with Gasteiger partial charge in [0.1, 0.15) is 5.85 Å². The van der Waals surface area contributed by atoms with Crippen molar-refractivity contribution in [1.82, 2.24) is 0 Å². The van der Waals surface area contributed by atoms with Gasteiger partial charge in [-0.3, -0.25) is 4.57 Å². The summed E-state index contributed by atoms with van der Waals surface area (Å²) >= 11 is 0. The molecule has 0 aliphatic heterocycles. The van der Waals surface area contributed by atoms with Crippen molar-refractivity contribution in [3.63, 3.8) is 0 Å². The highest BCUT2D eigenvalue weighted by atomic mass is 31.2. The first-order valence-corrected chi connectivity index (χ1v) is 8.58. The number of aliphatic hydroxyl groups excluding tert-OH is 1. The molecule has 1 aromatic rings. The van der Waals surface area contributed by atoms with Gasteiger partial charge in [-0.1, -0.05) is 50.1 Å². The lowest BCUT2D eigenvalue weighted by molar-refractivity contribution is 0.216. The second-order valence-electron chi connectivity index (χ2n) is 4.89. The zero-order valence-electron chi connectivity index (χ0n) is 11.4. The molecule has 4 N–H and O–H groups in total. The van der Waals surface area contributed by atoms with Gasteiger partial charge in [0.05, 0.1) is 5.78 Å². The Labute approximate surface area is 115 Å². The first-order chi connectivity index (χ1) is 8.98. The maximum Gasteiger partial charge on any atom is 0.244 e. The van der Waals surface area contributed by atoms with E-state index in [4.69, 9.17) is 5.73 Å². The van der Waals surface area contributed by atoms with Crippen molar-refractivity contribution in [2.75, 3.05) is 0 Å². The molecule has 1 aromatic carbocycles. The van der Waals surface area contributed by atoms with Gasteiger partial charge >= 0.3 is 0 Å². The summed E-state index contributed by atoms with van der Waals surface area (Å²) in [5.41, 5.74) is 6.78. The Balaban J connectivity index is 2.51. The van der Waals surface area contributed by atoms with Crippen molar-refractivity contribution < 1.29 is 14.6 Å². The first kappa shape index (κ1) is 16.4. The lowest BCUT2D eigenvalue weighted by atomic mass is 10.1. The fourth-order valence-electron chi connectivity index (χ4n) is 1.94. The molecule has 3 unspecified atom stereocenters. The third-order valence-electron chi connectivity index (χ3n) is 3.29. The van der Waals surface area contributed by atoms with Gasteiger partial charge in [-0.05, 0) is 24.8 Å². The second-order valence-corrected chi connectivity index (χ2v) is 7.49. The molecule has 0 radical (unpaired) electrons. The van der Waals surface area contributed by atoms with Gasteiger partial charge in [-0.15, -0.1) is 0 Å². The fraction of sp³-hybridized carbons (Fsp3) is 0.571. The van der Waals surface area contributed by atoms with Crippen LogP contribution in [-0.2, 0) is 11.0 Å². The smallest absolute Gasteiger partial charge is 0.244 e. The van der Waals surface area contributed by atoms with Crippen molar-refractivity contribution in [2.24, 2.45) is 5.73 Å². The van der Waals surface area contributed by atoms with Crippen molar-refractivity contribution >= 4 is 7.37 Å². The molecular weight excluding hydrogens is 261 g/mol. The van der Waals surface area contributed by atoms with E-state index in [0.29, 0.717) is 12.8 Å². The van der Waals surface area contributed by atoms with Crippen LogP contribution in [0, 0.1) is 0 Å². The second kappa shape index (κ2) is 7.81. The maximum atomic E-state index is 12.1. The molecule has 0 aliphatic carbocycles. The molecule has 0 aliphatic rings. The maximum absolute atomic E-state index is 12.1. The third-order valence-corrected chi connectivity index (χ3v) is 5.61. The molecule has 0 spiro atoms. The molecule has 0 saturated heterocycles. The van der Waals surface area contributed by atoms with Gasteiger partial charge in [0, 0.05) is 0 Å². The van der Waals surface area contributed by atoms with Crippen molar-refractivity contribution in [1.29, 1.82) is 0 Å². The zero-order valence-corrected chi connectivity index (χ0v) is 12.3. The highest BCUT2D eigenvalue weighted by Gasteiger charge is 2.35. The number of rotatable bonds is 8. The van der Waals surface area contributed by atoms with E-state index in [1.165, 1.54) is 0 Å². The molecule has 0 heterocycles. The normalized spacial score (nSPS) is 17.7. The summed E-state index contributed by atoms with van der Waals surface area (Å²) in [7, 11) is -3.71. The molecule has 4 nitrogen and oxygen atoms in total. The third kappa shape index (κ3) is 5.07. The molecule has 1 rings (SSSR count). The van der Waals surface area contributed by atoms with Gasteiger partial charge in [0.15, 0.2) is 0 Å². The van der Waals surface area contributed by atoms with E-state index >= 15 is 0 Å². The van der Waals surface area contributed by atoms with E-state index in [1.807, 2.05) is 37.3 Å². The highest BCUT2D eigenvalue weighted by Crippen LogP contribution is 2.51. The van der Waals surface area contributed by atoms with Gasteiger partial charge in [-0.2, -0.15) is 0 Å². The van der Waals surface area contributed by atoms with Crippen molar-refractivity contribution in [3.8, 4) is 0 Å². The number of aryl methyl sites for hydroxylation is 1. The molecule has 108 valence electrons. The molecule has 0 amide bonds. The Morgan fingerprint density at radius 2 is 1.89 bits per heavy atom. The summed E-state index contributed by atoms with van der Waals surface area (Å²) in [4.78, 5) is 9.94. The molecule has 5 heteroatoms. The summed E-state index contributed by atoms with van der Waals surface area (Å²) < 4.78 is 12.1. The Bertz CT molecular complexity index is 410. The topological polar surface area (TPSA) is 83.6 Å². The van der Waals surface area contributed by atoms with Crippen LogP contribution < -0.4 is 5.73 Å². The highest BCUT2D eigenvalue weighted by molar-refractivity contribution is 7.59. The summed E-state index contributed by atoms with van der Waals surface area (Å²) in [5, 5.41) is 9.91. The molecule has 0 saturated carbocycles. The van der Waals surface area contributed by atoms with Crippen LogP contribution in [0.3, 0.4) is 0 Å². The number of unbranched alkanes of at least 4 members (excludes halogenated alkanes) is 1. The van der Waals surface area contributed by atoms with E-state index in [9.17, 15) is 14.6 Å². The summed E-state index contributed by atoms with van der Waals surface area (Å²) in [5.74, 6) is -2.06. The quantitative estimate of drug-likeness (QED) is 0.641. The van der Waals surface area contributed by atoms with Crippen LogP contribution in [0.25, 0.3) is 0 Å². The van der Waals surface area contributed by atoms with Crippen molar-refractivity contribution in [2.45, 2.75) is 50.7 Å². The molecule has 0 aromatic heterocycles. The summed E-state index contributed by atoms with van der Waals surface area (Å²) in [6, 6.07) is 9.61. The predicted molar refractivity (Wildman–Crippen MR) is 78.1 cm³/mol. The van der Waals surface area contributed by atoms with Crippen LogP contribution in [0.5, 0.6) is 0 Å². The molecular formula is C14H24NO3P. The van der Waals surface area contributed by atoms with Gasteiger partial charge in [-0.25, -0.2) is 0 Å². The minimum atomic E-state index is -3.71. The number of nitrogens with two attached hydrogens (primary N) is 1. The Kier molecular flexibility index (Phi) is 6.73. The molecule has 19 heavy (non-hydrogen) atoms. The number of benzene rings is 1. The lowest BCUT2D eigenvalue weighted by Crippen LogP contribution is -2.26. The number of aliphatic hydroxyl groups is 1. The molecule has 3 atom stereocenters. The Morgan fingerprint density at radius 3 is 2.47 bits per heavy atom. The van der Waals surface area contributed by atoms with E-state index in [1.54, 1.807) is 0 Å². The van der Waals surface area contributed by atoms with E-state index in [0.717, 1.165) is 18.4 Å². The molecule has 0 fully saturated rings. The Morgan fingerprint density at radius 1 is 1.26 bits per heavy atom. The van der Waals surface area contributed by atoms with Gasteiger partial charge in [0.25, 0.3) is 0 Å². The molecule has 0 bridgehead atoms. The lowest BCUT2D eigenvalue weighted by Gasteiger charge is -2.24. The van der Waals surface area contributed by atoms with Crippen LogP contribution in [0.4, 0.5) is 0 Å². The first-order valence-electron chi connectivity index (χ1n) is 6.78. The Hall–Kier alpha value is -0.670. The van der Waals surface area contributed by atoms with E-state index in [2.05, 4.69) is 0 Å². The average molecular weight is 285 g/mol. The van der Waals surface area contributed by atoms with Crippen LogP contribution in [0.2, 0.25) is 0 Å². The van der Waals surface area contributed by atoms with Crippen LogP contribution in [0.1, 0.15) is 38.2 Å². The minimum Gasteiger partial charge on any atom is -0.383 e. The summed E-state index contributed by atoms with van der Waals surface area (Å²) in [6.07, 6.45) is 3.04. The van der Waals surface area contributed by atoms with E-state index in [-0.39, 0.29) is 6.42 Å². The zero-order chi connectivity index (χ0) is 14.3. The fourth-order valence-corrected chi connectivity index (χ4v) is 3.44. The number of hydrogen-bond acceptors (Lipinski definition) is 3. The van der Waals surface area contributed by atoms with Gasteiger partial charge in [0.2, 0.25) is 7.37 Å². The monoisotopic (exact) mass is 285 g/mol. The van der Waals surface area contributed by atoms with Crippen molar-refractivity contribution in [3.05, 3.63) is 35.9 Å². The van der Waals surface area contributed by atoms with Crippen LogP contribution >= 0.6 is 7.37 Å². The van der Waals surface area contributed by atoms with E-state index < -0.39 is 19.0 Å². The van der Waals surface area contributed by atoms with Crippen LogP contribution in [0.15, 0.2) is 30.3 Å². The standard InChI is InChI=1S/C14H24NO3P/c1-2-3-9-13(15)19(17,18)14(16)11-10-12-7-5-4-6-8-12/h4-8,13-14,16H,2-3,9-11,15H2,1H3,(H,17,18). The summed E-state index contributed by atoms with van der Waals surface area (Å²) in [6.45, 7) is 2.00. The average Bonchev–Trinajstić information content (AvgIpc) is 2.42. The SMILES string of the molecule is CCCCC(N)P(=O)(O)C(O)CCc1ccccc1. The van der Waals surface area contributed by atoms with Crippen LogP contribution in [-0.4, -0.2) is 21.6 Å². The largest absolute Gasteiger partial charge is 0.383 e. The predicted octanol–water partition coefficient (Wildman–Crippen LogP) is 2.68. The minimum absolute atomic E-state index is 0.262. The van der Waals surface area contributed by atoms with Gasteiger partial charge < -0.3 is 15.7 Å². The number of hydrogen-bond donors (Lipinski definition) is 3.